The van der Waals surface area contributed by atoms with Gasteiger partial charge in [-0.05, 0) is 30.1 Å². The van der Waals surface area contributed by atoms with Crippen molar-refractivity contribution >= 4 is 0 Å². The fourth-order valence-electron chi connectivity index (χ4n) is 2.26. The van der Waals surface area contributed by atoms with Crippen LogP contribution in [-0.2, 0) is 0 Å². The zero-order valence-corrected chi connectivity index (χ0v) is 9.69. The van der Waals surface area contributed by atoms with E-state index in [1.54, 1.807) is 0 Å². The van der Waals surface area contributed by atoms with Gasteiger partial charge in [-0.2, -0.15) is 0 Å². The van der Waals surface area contributed by atoms with E-state index in [9.17, 15) is 0 Å². The molecule has 0 saturated heterocycles. The molecule has 2 nitrogen and oxygen atoms in total. The van der Waals surface area contributed by atoms with Gasteiger partial charge in [-0.15, -0.1) is 0 Å². The summed E-state index contributed by atoms with van der Waals surface area (Å²) in [6.07, 6.45) is 11.1. The van der Waals surface area contributed by atoms with Crippen LogP contribution in [0.1, 0.15) is 24.4 Å². The highest BCUT2D eigenvalue weighted by molar-refractivity contribution is 5.39. The Bertz CT molecular complexity index is 483. The molecule has 2 aliphatic rings. The van der Waals surface area contributed by atoms with E-state index in [4.69, 9.17) is 0 Å². The van der Waals surface area contributed by atoms with Crippen LogP contribution in [0.5, 0.6) is 0 Å². The lowest BCUT2D eigenvalue weighted by Gasteiger charge is -2.10. The first-order chi connectivity index (χ1) is 8.43. The summed E-state index contributed by atoms with van der Waals surface area (Å²) >= 11 is 0. The summed E-state index contributed by atoms with van der Waals surface area (Å²) in [4.78, 5) is 0. The second kappa shape index (κ2) is 4.60. The Labute approximate surface area is 102 Å². The van der Waals surface area contributed by atoms with Gasteiger partial charge in [-0.1, -0.05) is 48.6 Å². The van der Waals surface area contributed by atoms with Gasteiger partial charge in [-0.3, -0.25) is 0 Å². The number of benzene rings is 1. The Morgan fingerprint density at radius 3 is 2.76 bits per heavy atom. The number of hydrogen-bond donors (Lipinski definition) is 2. The molecule has 0 amide bonds. The first kappa shape index (κ1) is 10.4. The molecule has 1 heterocycles. The van der Waals surface area contributed by atoms with Crippen LogP contribution in [0.2, 0.25) is 0 Å². The Morgan fingerprint density at radius 1 is 1.12 bits per heavy atom. The van der Waals surface area contributed by atoms with E-state index in [1.807, 2.05) is 6.07 Å². The van der Waals surface area contributed by atoms with Crippen LogP contribution in [0, 0.1) is 0 Å². The van der Waals surface area contributed by atoms with E-state index >= 15 is 0 Å². The lowest BCUT2D eigenvalue weighted by Crippen LogP contribution is -2.27. The molecule has 1 atom stereocenters. The molecule has 0 bridgehead atoms. The summed E-state index contributed by atoms with van der Waals surface area (Å²) in [5.74, 6) is 0. The molecule has 2 heteroatoms. The predicted octanol–water partition coefficient (Wildman–Crippen LogP) is 3.00. The number of hydrogen-bond acceptors (Lipinski definition) is 2. The second-order valence-electron chi connectivity index (χ2n) is 4.40. The third-order valence-electron chi connectivity index (χ3n) is 3.21. The summed E-state index contributed by atoms with van der Waals surface area (Å²) in [6, 6.07) is 10.8. The summed E-state index contributed by atoms with van der Waals surface area (Å²) in [5, 5.41) is 0. The van der Waals surface area contributed by atoms with Crippen LogP contribution in [0.15, 0.2) is 65.9 Å². The first-order valence-electron chi connectivity index (χ1n) is 6.08. The lowest BCUT2D eigenvalue weighted by molar-refractivity contribution is 0.597. The van der Waals surface area contributed by atoms with E-state index in [-0.39, 0.29) is 6.04 Å². The minimum atomic E-state index is 0.276. The van der Waals surface area contributed by atoms with E-state index in [0.717, 1.165) is 12.8 Å². The molecule has 2 N–H and O–H groups in total. The summed E-state index contributed by atoms with van der Waals surface area (Å²) < 4.78 is 0. The molecule has 0 fully saturated rings. The van der Waals surface area contributed by atoms with Gasteiger partial charge >= 0.3 is 0 Å². The molecule has 3 rings (SSSR count). The fourth-order valence-corrected chi connectivity index (χ4v) is 2.26. The second-order valence-corrected chi connectivity index (χ2v) is 4.40. The van der Waals surface area contributed by atoms with Crippen molar-refractivity contribution in [3.63, 3.8) is 0 Å². The van der Waals surface area contributed by atoms with E-state index < -0.39 is 0 Å². The van der Waals surface area contributed by atoms with Crippen molar-refractivity contribution in [2.45, 2.75) is 18.9 Å². The summed E-state index contributed by atoms with van der Waals surface area (Å²) in [6.45, 7) is 0. The molecule has 1 aliphatic heterocycles. The third-order valence-corrected chi connectivity index (χ3v) is 3.21. The van der Waals surface area contributed by atoms with Gasteiger partial charge in [0.1, 0.15) is 0 Å². The minimum absolute atomic E-state index is 0.276. The van der Waals surface area contributed by atoms with Crippen molar-refractivity contribution in [3.05, 3.63) is 71.5 Å². The summed E-state index contributed by atoms with van der Waals surface area (Å²) in [5.41, 5.74) is 10.5. The SMILES string of the molecule is C1=CCCC(C2=CC(c3ccccc3)NN2)=C1. The highest BCUT2D eigenvalue weighted by Crippen LogP contribution is 2.25. The van der Waals surface area contributed by atoms with Crippen LogP contribution in [0.25, 0.3) is 0 Å². The molecule has 0 spiro atoms. The molecule has 1 aromatic rings. The zero-order chi connectivity index (χ0) is 11.5. The van der Waals surface area contributed by atoms with Crippen molar-refractivity contribution in [2.24, 2.45) is 0 Å². The number of allylic oxidation sites excluding steroid dienone is 4. The average Bonchev–Trinajstić information content (AvgIpc) is 2.90. The van der Waals surface area contributed by atoms with Gasteiger partial charge in [0.15, 0.2) is 0 Å². The van der Waals surface area contributed by atoms with Crippen molar-refractivity contribution in [3.8, 4) is 0 Å². The molecule has 86 valence electrons. The average molecular weight is 224 g/mol. The van der Waals surface area contributed by atoms with Crippen LogP contribution in [0.4, 0.5) is 0 Å². The maximum absolute atomic E-state index is 3.31. The van der Waals surface area contributed by atoms with E-state index in [1.165, 1.54) is 16.8 Å². The van der Waals surface area contributed by atoms with Gasteiger partial charge < -0.3 is 5.43 Å². The van der Waals surface area contributed by atoms with Crippen LogP contribution in [0.3, 0.4) is 0 Å². The molecular formula is C15H16N2. The van der Waals surface area contributed by atoms with Crippen molar-refractivity contribution in [1.82, 2.24) is 10.9 Å². The number of hydrazine groups is 1. The van der Waals surface area contributed by atoms with E-state index in [0.29, 0.717) is 0 Å². The molecule has 0 saturated carbocycles. The van der Waals surface area contributed by atoms with Gasteiger partial charge in [0.25, 0.3) is 0 Å². The van der Waals surface area contributed by atoms with Gasteiger partial charge in [-0.25, -0.2) is 5.43 Å². The molecule has 0 aromatic heterocycles. The smallest absolute Gasteiger partial charge is 0.0714 e. The Hall–Kier alpha value is -1.80. The Kier molecular flexibility index (Phi) is 2.80. The van der Waals surface area contributed by atoms with Crippen molar-refractivity contribution in [2.75, 3.05) is 0 Å². The topological polar surface area (TPSA) is 24.1 Å². The maximum atomic E-state index is 3.31. The highest BCUT2D eigenvalue weighted by atomic mass is 15.4. The van der Waals surface area contributed by atoms with Crippen molar-refractivity contribution in [1.29, 1.82) is 0 Å². The zero-order valence-electron chi connectivity index (χ0n) is 9.69. The van der Waals surface area contributed by atoms with E-state index in [2.05, 4.69) is 59.4 Å². The highest BCUT2D eigenvalue weighted by Gasteiger charge is 2.18. The van der Waals surface area contributed by atoms with Crippen LogP contribution >= 0.6 is 0 Å². The van der Waals surface area contributed by atoms with Crippen LogP contribution in [-0.4, -0.2) is 0 Å². The minimum Gasteiger partial charge on any atom is -0.321 e. The predicted molar refractivity (Wildman–Crippen MR) is 70.0 cm³/mol. The van der Waals surface area contributed by atoms with Crippen LogP contribution < -0.4 is 10.9 Å². The Morgan fingerprint density at radius 2 is 2.00 bits per heavy atom. The van der Waals surface area contributed by atoms with Crippen molar-refractivity contribution < 1.29 is 0 Å². The standard InChI is InChI=1S/C15H16N2/c1-3-7-12(8-4-1)14-11-15(17-16-14)13-9-5-2-6-10-13/h1-5,7-9,11,14,16-17H,6,10H2. The quantitative estimate of drug-likeness (QED) is 0.807. The lowest BCUT2D eigenvalue weighted by atomic mass is 10.0. The number of nitrogens with one attached hydrogen (secondary N) is 2. The van der Waals surface area contributed by atoms with Gasteiger partial charge in [0, 0.05) is 5.70 Å². The molecule has 1 aliphatic carbocycles. The summed E-state index contributed by atoms with van der Waals surface area (Å²) in [7, 11) is 0. The maximum Gasteiger partial charge on any atom is 0.0714 e. The molecule has 17 heavy (non-hydrogen) atoms. The Balaban J connectivity index is 1.81. The molecule has 1 unspecified atom stereocenters. The fraction of sp³-hybridized carbons (Fsp3) is 0.200. The normalized spacial score (nSPS) is 22.9. The van der Waals surface area contributed by atoms with Gasteiger partial charge in [0.2, 0.25) is 0 Å². The largest absolute Gasteiger partial charge is 0.321 e. The third kappa shape index (κ3) is 2.17. The molecule has 0 radical (unpaired) electrons. The first-order valence-corrected chi connectivity index (χ1v) is 6.08. The molecular weight excluding hydrogens is 208 g/mol. The number of rotatable bonds is 2. The monoisotopic (exact) mass is 224 g/mol. The van der Waals surface area contributed by atoms with Gasteiger partial charge in [0.05, 0.1) is 6.04 Å². The molecule has 1 aromatic carbocycles.